The Balaban J connectivity index is 0.000000255. The van der Waals surface area contributed by atoms with Gasteiger partial charge in [0.15, 0.2) is 5.78 Å². The van der Waals surface area contributed by atoms with Crippen LogP contribution >= 0.6 is 0 Å². The number of imide groups is 1. The molecule has 0 spiro atoms. The first-order valence-corrected chi connectivity index (χ1v) is 15.2. The largest absolute Gasteiger partial charge is 0.507 e. The van der Waals surface area contributed by atoms with E-state index in [4.69, 9.17) is 15.9 Å². The van der Waals surface area contributed by atoms with Gasteiger partial charge in [0.25, 0.3) is 10.0 Å². The number of rotatable bonds is 6. The van der Waals surface area contributed by atoms with Crippen LogP contribution in [0.15, 0.2) is 47.4 Å². The van der Waals surface area contributed by atoms with Gasteiger partial charge in [-0.05, 0) is 56.5 Å². The Labute approximate surface area is 250 Å². The Hall–Kier alpha value is -4.46. The molecule has 2 fully saturated rings. The Kier molecular flexibility index (Phi) is 12.2. The summed E-state index contributed by atoms with van der Waals surface area (Å²) in [7, 11) is -3.93. The van der Waals surface area contributed by atoms with Gasteiger partial charge >= 0.3 is 12.0 Å². The van der Waals surface area contributed by atoms with Gasteiger partial charge in [-0.25, -0.2) is 22.7 Å². The number of ketones is 1. The van der Waals surface area contributed by atoms with E-state index in [9.17, 15) is 32.4 Å². The van der Waals surface area contributed by atoms with Crippen molar-refractivity contribution in [2.45, 2.75) is 76.7 Å². The average Bonchev–Trinajstić information content (AvgIpc) is 3.21. The first-order valence-electron chi connectivity index (χ1n) is 13.7. The average molecular weight is 619 g/mol. The maximum absolute atomic E-state index is 12.1. The molecular formula is C29H38N4O9S. The smallest absolute Gasteiger partial charge is 0.339 e. The quantitative estimate of drug-likeness (QED) is 0.120. The summed E-state index contributed by atoms with van der Waals surface area (Å²) in [5.74, 6) is -1.87. The van der Waals surface area contributed by atoms with Crippen LogP contribution in [0.3, 0.4) is 0 Å². The van der Waals surface area contributed by atoms with E-state index in [2.05, 4.69) is 10.6 Å². The highest BCUT2D eigenvalue weighted by Gasteiger charge is 2.40. The number of Topliss-reactive ketones (excluding diaryl/α,β-unsaturated/α-hetero) is 1. The molecule has 0 aromatic heterocycles. The van der Waals surface area contributed by atoms with E-state index in [1.807, 2.05) is 18.6 Å². The van der Waals surface area contributed by atoms with Crippen molar-refractivity contribution in [1.82, 2.24) is 15.4 Å². The lowest BCUT2D eigenvalue weighted by Crippen LogP contribution is -2.45. The molecule has 7 N–H and O–H groups in total. The van der Waals surface area contributed by atoms with Gasteiger partial charge in [-0.3, -0.25) is 19.7 Å². The molecule has 0 bridgehead atoms. The summed E-state index contributed by atoms with van der Waals surface area (Å²) >= 11 is 0. The summed E-state index contributed by atoms with van der Waals surface area (Å²) in [6.45, 7) is 5.13. The number of benzene rings is 2. The van der Waals surface area contributed by atoms with Crippen molar-refractivity contribution in [3.63, 3.8) is 0 Å². The molecular weight excluding hydrogens is 580 g/mol. The fourth-order valence-corrected chi connectivity index (χ4v) is 5.19. The zero-order valence-electron chi connectivity index (χ0n) is 24.3. The molecule has 1 saturated carbocycles. The number of nitrogens with two attached hydrogens (primary N) is 1. The number of nitrogen functional groups attached to an aromatic ring is 1. The minimum Gasteiger partial charge on any atom is -0.507 e. The molecule has 43 heavy (non-hydrogen) atoms. The summed E-state index contributed by atoms with van der Waals surface area (Å²) in [5, 5.41) is 22.4. The van der Waals surface area contributed by atoms with Crippen LogP contribution in [0.2, 0.25) is 0 Å². The fraction of sp³-hybridized carbons (Fsp3) is 0.414. The number of nitrogens with one attached hydrogen (secondary N) is 3. The first-order chi connectivity index (χ1) is 20.1. The number of carboxylic acid groups (broad SMARTS) is 1. The highest BCUT2D eigenvalue weighted by molar-refractivity contribution is 7.90. The van der Waals surface area contributed by atoms with Crippen LogP contribution in [0.4, 0.5) is 10.5 Å². The van der Waals surface area contributed by atoms with Crippen LogP contribution in [0.5, 0.6) is 5.75 Å². The number of hydrogen-bond donors (Lipinski definition) is 6. The summed E-state index contributed by atoms with van der Waals surface area (Å²) in [6, 6.07) is 8.69. The topological polar surface area (TPSA) is 222 Å². The third-order valence-corrected chi connectivity index (χ3v) is 8.47. The predicted octanol–water partition coefficient (Wildman–Crippen LogP) is 3.33. The number of carboxylic acids is 1. The number of hydrogen-bond acceptors (Lipinski definition) is 9. The Morgan fingerprint density at radius 1 is 1.05 bits per heavy atom. The van der Waals surface area contributed by atoms with Gasteiger partial charge in [0.1, 0.15) is 11.3 Å². The molecule has 1 aliphatic heterocycles. The van der Waals surface area contributed by atoms with Crippen molar-refractivity contribution in [3.05, 3.63) is 53.6 Å². The van der Waals surface area contributed by atoms with E-state index >= 15 is 0 Å². The number of phenols is 1. The van der Waals surface area contributed by atoms with E-state index < -0.39 is 27.4 Å². The van der Waals surface area contributed by atoms with Crippen molar-refractivity contribution in [1.29, 1.82) is 0 Å². The van der Waals surface area contributed by atoms with Gasteiger partial charge < -0.3 is 21.3 Å². The molecule has 4 amide bonds. The zero-order valence-corrected chi connectivity index (χ0v) is 25.1. The number of aromatic carboxylic acids is 1. The summed E-state index contributed by atoms with van der Waals surface area (Å²) in [5.41, 5.74) is 5.42. The molecule has 13 nitrogen and oxygen atoms in total. The third-order valence-electron chi connectivity index (χ3n) is 7.12. The molecule has 1 aliphatic carbocycles. The summed E-state index contributed by atoms with van der Waals surface area (Å²) in [6.07, 6.45) is 6.07. The SMILES string of the molecule is CC(=O)c1ccc(S(=O)(=O)NC(=O)NC2CCCCC2)cc1.CCC1(C)CC(=O)NC1=O.Nc1ccc(O)c(C(=O)O)c1. The van der Waals surface area contributed by atoms with Crippen molar-refractivity contribution in [3.8, 4) is 5.75 Å². The predicted molar refractivity (Wildman–Crippen MR) is 158 cm³/mol. The highest BCUT2D eigenvalue weighted by Crippen LogP contribution is 2.29. The number of sulfonamides is 1. The van der Waals surface area contributed by atoms with Gasteiger partial charge in [0, 0.05) is 23.7 Å². The van der Waals surface area contributed by atoms with E-state index in [1.54, 1.807) is 0 Å². The number of urea groups is 1. The second-order valence-electron chi connectivity index (χ2n) is 10.5. The van der Waals surface area contributed by atoms with Crippen molar-refractivity contribution >= 4 is 45.3 Å². The van der Waals surface area contributed by atoms with Gasteiger partial charge in [-0.1, -0.05) is 45.2 Å². The standard InChI is InChI=1S/C15H20N2O4S.C7H7NO3.C7H11NO2/c1-11(18)12-7-9-14(10-8-12)22(20,21)17-15(19)16-13-5-3-2-4-6-13;8-4-1-2-6(9)5(3-4)7(10)11;1-3-7(2)4-5(9)8-6(7)10/h7-10,13H,2-6H2,1H3,(H2,16,17,19);1-3,9H,8H2,(H,10,11);3-4H2,1-2H3,(H,8,9,10). The molecule has 1 atom stereocenters. The summed E-state index contributed by atoms with van der Waals surface area (Å²) in [4.78, 5) is 55.0. The Morgan fingerprint density at radius 3 is 2.09 bits per heavy atom. The molecule has 1 saturated heterocycles. The maximum atomic E-state index is 12.1. The second-order valence-corrected chi connectivity index (χ2v) is 12.2. The summed E-state index contributed by atoms with van der Waals surface area (Å²) < 4.78 is 26.2. The van der Waals surface area contributed by atoms with E-state index in [-0.39, 0.29) is 39.8 Å². The van der Waals surface area contributed by atoms with Crippen LogP contribution < -0.4 is 21.1 Å². The molecule has 2 aromatic carbocycles. The zero-order chi connectivity index (χ0) is 32.4. The Bertz CT molecular complexity index is 1450. The first kappa shape index (κ1) is 34.7. The third kappa shape index (κ3) is 10.4. The number of carbonyl (C=O) groups excluding carboxylic acids is 4. The van der Waals surface area contributed by atoms with Crippen LogP contribution in [-0.2, 0) is 19.6 Å². The van der Waals surface area contributed by atoms with E-state index in [0.717, 1.165) is 38.5 Å². The van der Waals surface area contributed by atoms with Crippen LogP contribution in [-0.4, -0.2) is 54.3 Å². The number of anilines is 1. The van der Waals surface area contributed by atoms with Crippen LogP contribution in [0.25, 0.3) is 0 Å². The van der Waals surface area contributed by atoms with Crippen molar-refractivity contribution in [2.75, 3.05) is 5.73 Å². The van der Waals surface area contributed by atoms with Crippen molar-refractivity contribution in [2.24, 2.45) is 5.41 Å². The lowest BCUT2D eigenvalue weighted by atomic mass is 9.86. The molecule has 14 heteroatoms. The molecule has 0 radical (unpaired) electrons. The fourth-order valence-electron chi connectivity index (χ4n) is 4.28. The lowest BCUT2D eigenvalue weighted by Gasteiger charge is -2.22. The number of carbonyl (C=O) groups is 5. The second kappa shape index (κ2) is 15.1. The number of amides is 4. The van der Waals surface area contributed by atoms with Gasteiger partial charge in [0.2, 0.25) is 11.8 Å². The van der Waals surface area contributed by atoms with Gasteiger partial charge in [-0.2, -0.15) is 0 Å². The van der Waals surface area contributed by atoms with Crippen LogP contribution in [0.1, 0.15) is 86.4 Å². The van der Waals surface area contributed by atoms with E-state index in [1.165, 1.54) is 49.4 Å². The minimum atomic E-state index is -3.93. The van der Waals surface area contributed by atoms with Crippen molar-refractivity contribution < 1.29 is 42.6 Å². The van der Waals surface area contributed by atoms with Crippen LogP contribution in [0, 0.1) is 5.41 Å². The monoisotopic (exact) mass is 618 g/mol. The normalized spacial score (nSPS) is 18.2. The number of aromatic hydroxyl groups is 1. The molecule has 2 aromatic rings. The molecule has 2 aliphatic rings. The van der Waals surface area contributed by atoms with Gasteiger partial charge in [-0.15, -0.1) is 0 Å². The molecule has 1 heterocycles. The van der Waals surface area contributed by atoms with Gasteiger partial charge in [0.05, 0.1) is 10.3 Å². The minimum absolute atomic E-state index is 0.0315. The Morgan fingerprint density at radius 2 is 1.65 bits per heavy atom. The highest BCUT2D eigenvalue weighted by atomic mass is 32.2. The molecule has 4 rings (SSSR count). The molecule has 234 valence electrons. The maximum Gasteiger partial charge on any atom is 0.339 e. The molecule has 1 unspecified atom stereocenters. The van der Waals surface area contributed by atoms with E-state index in [0.29, 0.717) is 17.7 Å². The lowest BCUT2D eigenvalue weighted by molar-refractivity contribution is -0.128.